The number of nitrogens with one attached hydrogen (secondary N) is 1. The molecule has 0 radical (unpaired) electrons. The van der Waals surface area contributed by atoms with Crippen molar-refractivity contribution in [3.8, 4) is 0 Å². The van der Waals surface area contributed by atoms with Crippen molar-refractivity contribution in [2.75, 3.05) is 33.4 Å². The van der Waals surface area contributed by atoms with Crippen LogP contribution in [-0.4, -0.2) is 55.0 Å². The molecule has 2 aromatic rings. The number of aromatic nitrogens is 1. The Morgan fingerprint density at radius 3 is 2.58 bits per heavy atom. The van der Waals surface area contributed by atoms with E-state index in [-0.39, 0.29) is 24.2 Å². The van der Waals surface area contributed by atoms with Crippen LogP contribution in [0.15, 0.2) is 48.7 Å². The summed E-state index contributed by atoms with van der Waals surface area (Å²) in [7, 11) is 1.61. The molecule has 1 N–H and O–H groups in total. The van der Waals surface area contributed by atoms with Gasteiger partial charge in [-0.2, -0.15) is 0 Å². The molecule has 7 heteroatoms. The van der Waals surface area contributed by atoms with Crippen molar-refractivity contribution in [1.29, 1.82) is 0 Å². The molecule has 1 aromatic carbocycles. The Balaban J connectivity index is 1.72. The molecule has 2 saturated heterocycles. The predicted molar refractivity (Wildman–Crippen MR) is 114 cm³/mol. The summed E-state index contributed by atoms with van der Waals surface area (Å²) < 4.78 is 19.6. The van der Waals surface area contributed by atoms with Gasteiger partial charge in [0, 0.05) is 39.5 Å². The molecule has 2 fully saturated rings. The molecule has 4 rings (SSSR count). The van der Waals surface area contributed by atoms with Crippen molar-refractivity contribution in [3.63, 3.8) is 0 Å². The number of piperidine rings is 1. The van der Waals surface area contributed by atoms with E-state index in [9.17, 15) is 14.0 Å². The first-order valence-electron chi connectivity index (χ1n) is 10.8. The second-order valence-corrected chi connectivity index (χ2v) is 8.41. The fourth-order valence-corrected chi connectivity index (χ4v) is 5.06. The Labute approximate surface area is 181 Å². The summed E-state index contributed by atoms with van der Waals surface area (Å²) in [5.41, 5.74) is -0.414. The molecule has 2 aliphatic heterocycles. The molecule has 6 nitrogen and oxygen atoms in total. The Morgan fingerprint density at radius 2 is 1.90 bits per heavy atom. The largest absolute Gasteiger partial charge is 0.381 e. The van der Waals surface area contributed by atoms with Crippen molar-refractivity contribution >= 4 is 11.8 Å². The van der Waals surface area contributed by atoms with Gasteiger partial charge < -0.3 is 15.0 Å². The number of carbonyl (C=O) groups is 2. The van der Waals surface area contributed by atoms with Crippen LogP contribution >= 0.6 is 0 Å². The molecule has 2 aliphatic rings. The van der Waals surface area contributed by atoms with Gasteiger partial charge in [-0.05, 0) is 55.5 Å². The average Bonchev–Trinajstić information content (AvgIpc) is 2.84. The second kappa shape index (κ2) is 8.75. The van der Waals surface area contributed by atoms with Crippen molar-refractivity contribution in [2.45, 2.75) is 36.5 Å². The highest BCUT2D eigenvalue weighted by molar-refractivity contribution is 5.92. The van der Waals surface area contributed by atoms with E-state index in [4.69, 9.17) is 4.74 Å². The summed E-state index contributed by atoms with van der Waals surface area (Å²) in [6.45, 7) is 1.69. The van der Waals surface area contributed by atoms with Gasteiger partial charge >= 0.3 is 0 Å². The SMILES string of the molecule is CNC(=O)[C@@]1(c2ccccn2)CCCN(C(=O)C2(c3cccc(F)c3)CCOCC2)C1. The first-order chi connectivity index (χ1) is 15.0. The Morgan fingerprint density at radius 1 is 1.10 bits per heavy atom. The lowest BCUT2D eigenvalue weighted by Gasteiger charge is -2.46. The van der Waals surface area contributed by atoms with Crippen LogP contribution in [0.5, 0.6) is 0 Å². The number of nitrogens with zero attached hydrogens (tertiary/aromatic N) is 2. The fraction of sp³-hybridized carbons (Fsp3) is 0.458. The third-order valence-corrected chi connectivity index (χ3v) is 6.73. The maximum absolute atomic E-state index is 14.1. The van der Waals surface area contributed by atoms with Gasteiger partial charge in [0.15, 0.2) is 0 Å². The summed E-state index contributed by atoms with van der Waals surface area (Å²) in [5.74, 6) is -0.566. The van der Waals surface area contributed by atoms with E-state index in [1.54, 1.807) is 24.2 Å². The normalized spacial score (nSPS) is 23.2. The lowest BCUT2D eigenvalue weighted by atomic mass is 9.71. The van der Waals surface area contributed by atoms with E-state index in [1.807, 2.05) is 24.3 Å². The first-order valence-corrected chi connectivity index (χ1v) is 10.8. The van der Waals surface area contributed by atoms with Crippen LogP contribution in [0.3, 0.4) is 0 Å². The number of carbonyl (C=O) groups excluding carboxylic acids is 2. The zero-order valence-electron chi connectivity index (χ0n) is 17.8. The standard InChI is InChI=1S/C24H28FN3O3/c1-26-21(29)24(20-8-2-3-12-27-20)9-5-13-28(17-24)22(30)23(10-14-31-15-11-23)18-6-4-7-19(25)16-18/h2-4,6-8,12,16H,5,9-11,13-15,17H2,1H3,(H,26,29)/t24-/m0/s1. The number of ether oxygens (including phenoxy) is 1. The van der Waals surface area contributed by atoms with Crippen LogP contribution in [0.2, 0.25) is 0 Å². The summed E-state index contributed by atoms with van der Waals surface area (Å²) in [5, 5.41) is 2.78. The highest BCUT2D eigenvalue weighted by Gasteiger charge is 2.50. The topological polar surface area (TPSA) is 71.5 Å². The number of benzene rings is 1. The number of hydrogen-bond donors (Lipinski definition) is 1. The number of likely N-dealkylation sites (tertiary alicyclic amines) is 1. The van der Waals surface area contributed by atoms with E-state index in [0.29, 0.717) is 56.7 Å². The van der Waals surface area contributed by atoms with Gasteiger partial charge in [-0.15, -0.1) is 0 Å². The van der Waals surface area contributed by atoms with Crippen LogP contribution in [0.4, 0.5) is 4.39 Å². The quantitative estimate of drug-likeness (QED) is 0.817. The van der Waals surface area contributed by atoms with Crippen LogP contribution in [-0.2, 0) is 25.2 Å². The Kier molecular flexibility index (Phi) is 6.05. The number of rotatable bonds is 4. The Bertz CT molecular complexity index is 946. The third-order valence-electron chi connectivity index (χ3n) is 6.73. The Hall–Kier alpha value is -2.80. The molecule has 2 amide bonds. The van der Waals surface area contributed by atoms with Crippen LogP contribution in [0, 0.1) is 5.82 Å². The average molecular weight is 426 g/mol. The van der Waals surface area contributed by atoms with E-state index in [0.717, 1.165) is 0 Å². The van der Waals surface area contributed by atoms with E-state index in [1.165, 1.54) is 12.1 Å². The summed E-state index contributed by atoms with van der Waals surface area (Å²) in [4.78, 5) is 33.3. The zero-order valence-corrected chi connectivity index (χ0v) is 17.8. The number of halogens is 1. The smallest absolute Gasteiger partial charge is 0.233 e. The lowest BCUT2D eigenvalue weighted by Crippen LogP contribution is -2.59. The molecule has 1 aromatic heterocycles. The molecule has 0 unspecified atom stereocenters. The van der Waals surface area contributed by atoms with Gasteiger partial charge in [-0.25, -0.2) is 4.39 Å². The molecular formula is C24H28FN3O3. The molecule has 0 spiro atoms. The second-order valence-electron chi connectivity index (χ2n) is 8.41. The fourth-order valence-electron chi connectivity index (χ4n) is 5.06. The molecule has 0 saturated carbocycles. The van der Waals surface area contributed by atoms with Gasteiger partial charge in [-0.3, -0.25) is 14.6 Å². The minimum Gasteiger partial charge on any atom is -0.381 e. The zero-order chi connectivity index (χ0) is 21.9. The summed E-state index contributed by atoms with van der Waals surface area (Å²) >= 11 is 0. The minimum atomic E-state index is -0.905. The molecule has 0 aliphatic carbocycles. The molecule has 3 heterocycles. The maximum atomic E-state index is 14.1. The van der Waals surface area contributed by atoms with Crippen molar-refractivity contribution in [2.24, 2.45) is 0 Å². The monoisotopic (exact) mass is 425 g/mol. The van der Waals surface area contributed by atoms with E-state index < -0.39 is 10.8 Å². The third kappa shape index (κ3) is 3.82. The molecule has 1 atom stereocenters. The van der Waals surface area contributed by atoms with Gasteiger partial charge in [0.1, 0.15) is 11.2 Å². The van der Waals surface area contributed by atoms with Crippen LogP contribution in [0.25, 0.3) is 0 Å². The number of hydrogen-bond acceptors (Lipinski definition) is 4. The molecule has 164 valence electrons. The number of likely N-dealkylation sites (N-methyl/N-ethyl adjacent to an activating group) is 1. The lowest BCUT2D eigenvalue weighted by molar-refractivity contribution is -0.145. The van der Waals surface area contributed by atoms with Crippen molar-refractivity contribution in [1.82, 2.24) is 15.2 Å². The van der Waals surface area contributed by atoms with E-state index >= 15 is 0 Å². The number of amides is 2. The highest BCUT2D eigenvalue weighted by Crippen LogP contribution is 2.40. The molecule has 0 bridgehead atoms. The van der Waals surface area contributed by atoms with Crippen molar-refractivity contribution < 1.29 is 18.7 Å². The minimum absolute atomic E-state index is 0.0645. The van der Waals surface area contributed by atoms with Gasteiger partial charge in [0.25, 0.3) is 0 Å². The van der Waals surface area contributed by atoms with Crippen LogP contribution in [0.1, 0.15) is 36.9 Å². The predicted octanol–water partition coefficient (Wildman–Crippen LogP) is 2.58. The van der Waals surface area contributed by atoms with E-state index in [2.05, 4.69) is 10.3 Å². The highest BCUT2D eigenvalue weighted by atomic mass is 19.1. The van der Waals surface area contributed by atoms with Gasteiger partial charge in [-0.1, -0.05) is 18.2 Å². The van der Waals surface area contributed by atoms with Gasteiger partial charge in [0.05, 0.1) is 11.1 Å². The van der Waals surface area contributed by atoms with Crippen molar-refractivity contribution in [3.05, 3.63) is 65.7 Å². The summed E-state index contributed by atoms with van der Waals surface area (Å²) in [6.07, 6.45) is 3.95. The maximum Gasteiger partial charge on any atom is 0.233 e. The summed E-state index contributed by atoms with van der Waals surface area (Å²) in [6, 6.07) is 11.8. The first kappa shape index (κ1) is 21.4. The van der Waals surface area contributed by atoms with Crippen LogP contribution < -0.4 is 5.32 Å². The molecule has 31 heavy (non-hydrogen) atoms. The molecular weight excluding hydrogens is 397 g/mol. The number of pyridine rings is 1. The van der Waals surface area contributed by atoms with Gasteiger partial charge in [0.2, 0.25) is 11.8 Å².